The van der Waals surface area contributed by atoms with Gasteiger partial charge in [0.2, 0.25) is 5.91 Å². The van der Waals surface area contributed by atoms with Gasteiger partial charge in [0.15, 0.2) is 0 Å². The highest BCUT2D eigenvalue weighted by Crippen LogP contribution is 2.29. The standard InChI is InChI=1S/C18H19FN2O3S/c1-11(2)12-4-3-5-14(8-12)21-25(23,24)17-9-13-6-7-18(22)20-16(13)10-15(17)19/h3-5,8-11,21H,6-7H2,1-2H3,(H,20,22). The van der Waals surface area contributed by atoms with E-state index in [1.54, 1.807) is 18.2 Å². The molecule has 2 N–H and O–H groups in total. The summed E-state index contributed by atoms with van der Waals surface area (Å²) in [5, 5.41) is 2.55. The third-order valence-corrected chi connectivity index (χ3v) is 5.54. The molecule has 5 nitrogen and oxygen atoms in total. The van der Waals surface area contributed by atoms with Crippen molar-refractivity contribution in [3.05, 3.63) is 53.3 Å². The Labute approximate surface area is 146 Å². The summed E-state index contributed by atoms with van der Waals surface area (Å²) in [6.07, 6.45) is 0.634. The fraction of sp³-hybridized carbons (Fsp3) is 0.278. The van der Waals surface area contributed by atoms with Crippen LogP contribution >= 0.6 is 0 Å². The number of carbonyl (C=O) groups is 1. The Hall–Kier alpha value is -2.41. The number of fused-ring (bicyclic) bond motifs is 1. The molecule has 1 aliphatic heterocycles. The number of hydrogen-bond donors (Lipinski definition) is 2. The van der Waals surface area contributed by atoms with Gasteiger partial charge in [-0.3, -0.25) is 9.52 Å². The molecule has 0 aliphatic carbocycles. The van der Waals surface area contributed by atoms with Gasteiger partial charge < -0.3 is 5.32 Å². The second-order valence-corrected chi connectivity index (χ2v) is 8.02. The van der Waals surface area contributed by atoms with Crippen molar-refractivity contribution >= 4 is 27.3 Å². The second-order valence-electron chi connectivity index (χ2n) is 6.37. The zero-order valence-electron chi connectivity index (χ0n) is 14.0. The minimum absolute atomic E-state index is 0.203. The van der Waals surface area contributed by atoms with Crippen LogP contribution in [0.1, 0.15) is 37.3 Å². The fourth-order valence-corrected chi connectivity index (χ4v) is 3.92. The van der Waals surface area contributed by atoms with Crippen LogP contribution in [0.3, 0.4) is 0 Å². The summed E-state index contributed by atoms with van der Waals surface area (Å²) in [5.74, 6) is -0.854. The van der Waals surface area contributed by atoms with Crippen molar-refractivity contribution in [2.24, 2.45) is 0 Å². The molecule has 0 fully saturated rings. The highest BCUT2D eigenvalue weighted by Gasteiger charge is 2.24. The normalized spacial score (nSPS) is 14.2. The SMILES string of the molecule is CC(C)c1cccc(NS(=O)(=O)c2cc3c(cc2F)NC(=O)CC3)c1. The number of anilines is 2. The molecular weight excluding hydrogens is 343 g/mol. The van der Waals surface area contributed by atoms with Gasteiger partial charge in [0.05, 0.1) is 0 Å². The summed E-state index contributed by atoms with van der Waals surface area (Å²) < 4.78 is 42.0. The molecule has 0 saturated carbocycles. The summed E-state index contributed by atoms with van der Waals surface area (Å²) in [4.78, 5) is 11.0. The Kier molecular flexibility index (Phi) is 4.51. The Morgan fingerprint density at radius 1 is 1.16 bits per heavy atom. The quantitative estimate of drug-likeness (QED) is 0.872. The average molecular weight is 362 g/mol. The lowest BCUT2D eigenvalue weighted by Crippen LogP contribution is -2.21. The molecule has 0 spiro atoms. The van der Waals surface area contributed by atoms with Crippen LogP contribution in [0.4, 0.5) is 15.8 Å². The number of rotatable bonds is 4. The Morgan fingerprint density at radius 3 is 2.64 bits per heavy atom. The molecule has 3 rings (SSSR count). The van der Waals surface area contributed by atoms with E-state index in [0.29, 0.717) is 23.4 Å². The van der Waals surface area contributed by atoms with Crippen LogP contribution in [0.5, 0.6) is 0 Å². The molecule has 0 radical (unpaired) electrons. The van der Waals surface area contributed by atoms with Crippen molar-refractivity contribution in [2.45, 2.75) is 37.5 Å². The fourth-order valence-electron chi connectivity index (χ4n) is 2.76. The van der Waals surface area contributed by atoms with Crippen LogP contribution in [0, 0.1) is 5.82 Å². The molecule has 0 atom stereocenters. The number of halogens is 1. The molecule has 0 unspecified atom stereocenters. The summed E-state index contributed by atoms with van der Waals surface area (Å²) in [7, 11) is -4.07. The van der Waals surface area contributed by atoms with E-state index in [1.165, 1.54) is 6.07 Å². The molecule has 7 heteroatoms. The zero-order valence-corrected chi connectivity index (χ0v) is 14.8. The van der Waals surface area contributed by atoms with Crippen LogP contribution in [0.15, 0.2) is 41.3 Å². The molecule has 0 saturated heterocycles. The third-order valence-electron chi connectivity index (χ3n) is 4.15. The minimum atomic E-state index is -4.07. The van der Waals surface area contributed by atoms with E-state index in [9.17, 15) is 17.6 Å². The number of benzene rings is 2. The molecule has 1 aliphatic rings. The number of aryl methyl sites for hydroxylation is 1. The molecule has 132 valence electrons. The lowest BCUT2D eigenvalue weighted by atomic mass is 10.0. The first-order valence-corrected chi connectivity index (χ1v) is 9.49. The largest absolute Gasteiger partial charge is 0.326 e. The topological polar surface area (TPSA) is 75.3 Å². The van der Waals surface area contributed by atoms with Crippen LogP contribution in [0.2, 0.25) is 0 Å². The summed E-state index contributed by atoms with van der Waals surface area (Å²) in [6.45, 7) is 4.01. The lowest BCUT2D eigenvalue weighted by molar-refractivity contribution is -0.116. The van der Waals surface area contributed by atoms with Gasteiger partial charge in [0, 0.05) is 17.8 Å². The van der Waals surface area contributed by atoms with Gasteiger partial charge in [0.25, 0.3) is 10.0 Å². The van der Waals surface area contributed by atoms with Gasteiger partial charge in [-0.1, -0.05) is 26.0 Å². The summed E-state index contributed by atoms with van der Waals surface area (Å²) in [6, 6.07) is 9.37. The number of sulfonamides is 1. The number of carbonyl (C=O) groups excluding carboxylic acids is 1. The molecule has 1 heterocycles. The van der Waals surface area contributed by atoms with Crippen LogP contribution in [-0.2, 0) is 21.2 Å². The van der Waals surface area contributed by atoms with E-state index in [1.807, 2.05) is 19.9 Å². The van der Waals surface area contributed by atoms with Gasteiger partial charge in [-0.05, 0) is 47.7 Å². The predicted molar refractivity (Wildman–Crippen MR) is 94.7 cm³/mol. The maximum Gasteiger partial charge on any atom is 0.264 e. The number of nitrogens with one attached hydrogen (secondary N) is 2. The molecule has 1 amide bonds. The molecule has 2 aromatic carbocycles. The second kappa shape index (κ2) is 6.48. The Balaban J connectivity index is 1.95. The maximum absolute atomic E-state index is 14.3. The van der Waals surface area contributed by atoms with E-state index >= 15 is 0 Å². The van der Waals surface area contributed by atoms with Crippen molar-refractivity contribution in [3.8, 4) is 0 Å². The molecule has 25 heavy (non-hydrogen) atoms. The average Bonchev–Trinajstić information content (AvgIpc) is 2.53. The van der Waals surface area contributed by atoms with Crippen LogP contribution < -0.4 is 10.0 Å². The van der Waals surface area contributed by atoms with Crippen molar-refractivity contribution in [1.82, 2.24) is 0 Å². The van der Waals surface area contributed by atoms with Crippen LogP contribution in [-0.4, -0.2) is 14.3 Å². The van der Waals surface area contributed by atoms with E-state index in [4.69, 9.17) is 0 Å². The van der Waals surface area contributed by atoms with E-state index in [2.05, 4.69) is 10.0 Å². The summed E-state index contributed by atoms with van der Waals surface area (Å²) >= 11 is 0. The monoisotopic (exact) mass is 362 g/mol. The highest BCUT2D eigenvalue weighted by molar-refractivity contribution is 7.92. The van der Waals surface area contributed by atoms with E-state index in [0.717, 1.165) is 11.6 Å². The third kappa shape index (κ3) is 3.66. The van der Waals surface area contributed by atoms with Gasteiger partial charge in [-0.2, -0.15) is 0 Å². The van der Waals surface area contributed by atoms with E-state index < -0.39 is 20.7 Å². The minimum Gasteiger partial charge on any atom is -0.326 e. The van der Waals surface area contributed by atoms with Gasteiger partial charge in [-0.25, -0.2) is 12.8 Å². The van der Waals surface area contributed by atoms with Gasteiger partial charge in [-0.15, -0.1) is 0 Å². The summed E-state index contributed by atoms with van der Waals surface area (Å²) in [5.41, 5.74) is 2.30. The zero-order chi connectivity index (χ0) is 18.2. The Morgan fingerprint density at radius 2 is 1.92 bits per heavy atom. The molecular formula is C18H19FN2O3S. The number of amides is 1. The van der Waals surface area contributed by atoms with Gasteiger partial charge >= 0.3 is 0 Å². The highest BCUT2D eigenvalue weighted by atomic mass is 32.2. The lowest BCUT2D eigenvalue weighted by Gasteiger charge is -2.18. The van der Waals surface area contributed by atoms with Crippen molar-refractivity contribution in [2.75, 3.05) is 10.0 Å². The van der Waals surface area contributed by atoms with E-state index in [-0.39, 0.29) is 18.2 Å². The smallest absolute Gasteiger partial charge is 0.264 e. The first-order valence-electron chi connectivity index (χ1n) is 8.01. The number of hydrogen-bond acceptors (Lipinski definition) is 3. The molecule has 0 bridgehead atoms. The first-order chi connectivity index (χ1) is 11.8. The molecule has 2 aromatic rings. The maximum atomic E-state index is 14.3. The van der Waals surface area contributed by atoms with Crippen molar-refractivity contribution < 1.29 is 17.6 Å². The molecule has 0 aromatic heterocycles. The predicted octanol–water partition coefficient (Wildman–Crippen LogP) is 3.63. The van der Waals surface area contributed by atoms with Crippen LogP contribution in [0.25, 0.3) is 0 Å². The van der Waals surface area contributed by atoms with Crippen molar-refractivity contribution in [3.63, 3.8) is 0 Å². The first kappa shape index (κ1) is 17.4. The van der Waals surface area contributed by atoms with Crippen molar-refractivity contribution in [1.29, 1.82) is 0 Å². The van der Waals surface area contributed by atoms with Gasteiger partial charge in [0.1, 0.15) is 10.7 Å². The Bertz CT molecular complexity index is 939.